The zero-order chi connectivity index (χ0) is 22.8. The molecule has 1 N–H and O–H groups in total. The molecule has 1 atom stereocenters. The van der Waals surface area contributed by atoms with Crippen molar-refractivity contribution in [1.29, 1.82) is 0 Å². The predicted octanol–water partition coefficient (Wildman–Crippen LogP) is 4.51. The fraction of sp³-hybridized carbons (Fsp3) is 0.185. The standard InChI is InChI=1S/C27H25N3O3/c1-29-23-18-30(16-15-19-9-4-2-5-10-19)26(31)24(23)25(28-27(29)32)20-11-8-14-22(17-20)33-21-12-6-3-7-13-21/h2-14,17,25H,15-16,18H2,1H3,(H,28,32)/t25-/m1/s1. The molecule has 33 heavy (non-hydrogen) atoms. The summed E-state index contributed by atoms with van der Waals surface area (Å²) in [6.45, 7) is 1.03. The Morgan fingerprint density at radius 2 is 1.61 bits per heavy atom. The molecule has 6 nitrogen and oxygen atoms in total. The Kier molecular flexibility index (Phi) is 5.57. The Labute approximate surface area is 193 Å². The first-order valence-corrected chi connectivity index (χ1v) is 11.0. The van der Waals surface area contributed by atoms with Crippen LogP contribution in [-0.4, -0.2) is 41.9 Å². The summed E-state index contributed by atoms with van der Waals surface area (Å²) in [5.74, 6) is 1.35. The Morgan fingerprint density at radius 1 is 0.909 bits per heavy atom. The molecule has 0 saturated heterocycles. The first kappa shape index (κ1) is 20.8. The number of hydrogen-bond donors (Lipinski definition) is 1. The van der Waals surface area contributed by atoms with E-state index in [-0.39, 0.29) is 11.9 Å². The summed E-state index contributed by atoms with van der Waals surface area (Å²) in [5.41, 5.74) is 3.38. The van der Waals surface area contributed by atoms with Gasteiger partial charge in [0.15, 0.2) is 0 Å². The van der Waals surface area contributed by atoms with Crippen LogP contribution in [0.1, 0.15) is 17.2 Å². The predicted molar refractivity (Wildman–Crippen MR) is 126 cm³/mol. The lowest BCUT2D eigenvalue weighted by atomic mass is 9.95. The third kappa shape index (κ3) is 4.20. The normalized spacial score (nSPS) is 17.8. The molecule has 0 fully saturated rings. The molecule has 6 heteroatoms. The summed E-state index contributed by atoms with van der Waals surface area (Å²) < 4.78 is 5.97. The fourth-order valence-electron chi connectivity index (χ4n) is 4.34. The number of urea groups is 1. The maximum absolute atomic E-state index is 13.4. The number of nitrogens with one attached hydrogen (secondary N) is 1. The van der Waals surface area contributed by atoms with E-state index in [0.29, 0.717) is 24.4 Å². The van der Waals surface area contributed by atoms with Crippen molar-refractivity contribution in [2.45, 2.75) is 12.5 Å². The van der Waals surface area contributed by atoms with E-state index in [1.807, 2.05) is 77.7 Å². The highest BCUT2D eigenvalue weighted by atomic mass is 16.5. The molecule has 0 unspecified atom stereocenters. The Hall–Kier alpha value is -4.06. The van der Waals surface area contributed by atoms with Gasteiger partial charge in [-0.3, -0.25) is 9.69 Å². The molecule has 3 amide bonds. The molecule has 5 rings (SSSR count). The van der Waals surface area contributed by atoms with Crippen molar-refractivity contribution in [2.24, 2.45) is 0 Å². The van der Waals surface area contributed by atoms with Gasteiger partial charge in [0.2, 0.25) is 0 Å². The maximum atomic E-state index is 13.4. The Bertz CT molecular complexity index is 1210. The smallest absolute Gasteiger partial charge is 0.322 e. The number of nitrogens with zero attached hydrogens (tertiary/aromatic N) is 2. The highest BCUT2D eigenvalue weighted by Crippen LogP contribution is 2.37. The van der Waals surface area contributed by atoms with Crippen molar-refractivity contribution in [3.63, 3.8) is 0 Å². The highest BCUT2D eigenvalue weighted by Gasteiger charge is 2.42. The molecule has 2 aliphatic heterocycles. The molecule has 3 aromatic carbocycles. The minimum atomic E-state index is -0.516. The highest BCUT2D eigenvalue weighted by molar-refractivity contribution is 6.01. The minimum absolute atomic E-state index is 0.0350. The summed E-state index contributed by atoms with van der Waals surface area (Å²) in [6, 6.07) is 26.4. The molecule has 3 aromatic rings. The van der Waals surface area contributed by atoms with E-state index in [9.17, 15) is 9.59 Å². The van der Waals surface area contributed by atoms with Crippen LogP contribution in [0.3, 0.4) is 0 Å². The summed E-state index contributed by atoms with van der Waals surface area (Å²) >= 11 is 0. The van der Waals surface area contributed by atoms with Gasteiger partial charge in [0.1, 0.15) is 11.5 Å². The van der Waals surface area contributed by atoms with E-state index in [1.165, 1.54) is 5.56 Å². The first-order chi connectivity index (χ1) is 16.1. The summed E-state index contributed by atoms with van der Waals surface area (Å²) in [7, 11) is 1.71. The van der Waals surface area contributed by atoms with Crippen molar-refractivity contribution in [2.75, 3.05) is 20.1 Å². The van der Waals surface area contributed by atoms with Crippen LogP contribution in [-0.2, 0) is 11.2 Å². The molecule has 0 bridgehead atoms. The monoisotopic (exact) mass is 439 g/mol. The number of rotatable bonds is 6. The van der Waals surface area contributed by atoms with E-state index in [4.69, 9.17) is 4.74 Å². The van der Waals surface area contributed by atoms with Gasteiger partial charge in [0, 0.05) is 13.6 Å². The number of hydrogen-bond acceptors (Lipinski definition) is 3. The van der Waals surface area contributed by atoms with Crippen LogP contribution in [0, 0.1) is 0 Å². The topological polar surface area (TPSA) is 61.9 Å². The molecular weight excluding hydrogens is 414 g/mol. The zero-order valence-corrected chi connectivity index (χ0v) is 18.4. The van der Waals surface area contributed by atoms with Gasteiger partial charge in [-0.15, -0.1) is 0 Å². The van der Waals surface area contributed by atoms with Gasteiger partial charge in [-0.25, -0.2) is 4.79 Å². The Morgan fingerprint density at radius 3 is 2.36 bits per heavy atom. The quantitative estimate of drug-likeness (QED) is 0.615. The van der Waals surface area contributed by atoms with Gasteiger partial charge < -0.3 is 15.0 Å². The fourth-order valence-corrected chi connectivity index (χ4v) is 4.34. The second-order valence-corrected chi connectivity index (χ2v) is 8.25. The van der Waals surface area contributed by atoms with Crippen LogP contribution in [0.25, 0.3) is 0 Å². The van der Waals surface area contributed by atoms with Gasteiger partial charge in [-0.05, 0) is 41.8 Å². The first-order valence-electron chi connectivity index (χ1n) is 11.0. The van der Waals surface area contributed by atoms with Crippen LogP contribution >= 0.6 is 0 Å². The largest absolute Gasteiger partial charge is 0.457 e. The number of likely N-dealkylation sites (N-methyl/N-ethyl adjacent to an activating group) is 1. The van der Waals surface area contributed by atoms with Gasteiger partial charge >= 0.3 is 6.03 Å². The number of amides is 3. The number of para-hydroxylation sites is 1. The van der Waals surface area contributed by atoms with Crippen LogP contribution in [0.5, 0.6) is 11.5 Å². The zero-order valence-electron chi connectivity index (χ0n) is 18.4. The molecule has 2 aliphatic rings. The molecule has 0 spiro atoms. The van der Waals surface area contributed by atoms with E-state index in [2.05, 4.69) is 17.4 Å². The molecule has 0 aromatic heterocycles. The number of carbonyl (C=O) groups is 2. The lowest BCUT2D eigenvalue weighted by Crippen LogP contribution is -2.45. The van der Waals surface area contributed by atoms with Crippen LogP contribution in [0.4, 0.5) is 4.79 Å². The summed E-state index contributed by atoms with van der Waals surface area (Å²) in [4.78, 5) is 29.5. The van der Waals surface area contributed by atoms with E-state index in [0.717, 1.165) is 23.4 Å². The van der Waals surface area contributed by atoms with Crippen LogP contribution < -0.4 is 10.1 Å². The molecule has 2 heterocycles. The average molecular weight is 440 g/mol. The third-order valence-electron chi connectivity index (χ3n) is 6.12. The lowest BCUT2D eigenvalue weighted by molar-refractivity contribution is -0.125. The number of carbonyl (C=O) groups excluding carboxylic acids is 2. The molecule has 0 aliphatic carbocycles. The molecule has 0 saturated carbocycles. The van der Waals surface area contributed by atoms with Gasteiger partial charge in [0.05, 0.1) is 23.9 Å². The van der Waals surface area contributed by atoms with Crippen molar-refractivity contribution in [3.8, 4) is 11.5 Å². The average Bonchev–Trinajstić information content (AvgIpc) is 3.18. The number of benzene rings is 3. The van der Waals surface area contributed by atoms with Crippen molar-refractivity contribution < 1.29 is 14.3 Å². The Balaban J connectivity index is 1.39. The SMILES string of the molecule is CN1C(=O)N[C@H](c2cccc(Oc3ccccc3)c2)C2=C1CN(CCc1ccccc1)C2=O. The second-order valence-electron chi connectivity index (χ2n) is 8.25. The van der Waals surface area contributed by atoms with Gasteiger partial charge in [-0.1, -0.05) is 60.7 Å². The summed E-state index contributed by atoms with van der Waals surface area (Å²) in [5, 5.41) is 3.00. The van der Waals surface area contributed by atoms with E-state index >= 15 is 0 Å². The third-order valence-corrected chi connectivity index (χ3v) is 6.12. The van der Waals surface area contributed by atoms with Crippen LogP contribution in [0.2, 0.25) is 0 Å². The maximum Gasteiger partial charge on any atom is 0.322 e. The van der Waals surface area contributed by atoms with Crippen LogP contribution in [0.15, 0.2) is 96.2 Å². The summed E-state index contributed by atoms with van der Waals surface area (Å²) in [6.07, 6.45) is 0.767. The van der Waals surface area contributed by atoms with Gasteiger partial charge in [-0.2, -0.15) is 0 Å². The minimum Gasteiger partial charge on any atom is -0.457 e. The molecule has 0 radical (unpaired) electrons. The van der Waals surface area contributed by atoms with E-state index in [1.54, 1.807) is 11.9 Å². The second kappa shape index (κ2) is 8.82. The molecular formula is C27H25N3O3. The van der Waals surface area contributed by atoms with Gasteiger partial charge in [0.25, 0.3) is 5.91 Å². The van der Waals surface area contributed by atoms with Crippen molar-refractivity contribution >= 4 is 11.9 Å². The lowest BCUT2D eigenvalue weighted by Gasteiger charge is -2.31. The number of ether oxygens (including phenoxy) is 1. The van der Waals surface area contributed by atoms with Crippen molar-refractivity contribution in [1.82, 2.24) is 15.1 Å². The molecule has 166 valence electrons. The van der Waals surface area contributed by atoms with Crippen molar-refractivity contribution in [3.05, 3.63) is 107 Å². The van der Waals surface area contributed by atoms with E-state index < -0.39 is 6.04 Å².